The average Bonchev–Trinajstić information content (AvgIpc) is 3.02. The summed E-state index contributed by atoms with van der Waals surface area (Å²) in [5.41, 5.74) is -5.76. The number of sulfonamides is 1. The van der Waals surface area contributed by atoms with Crippen molar-refractivity contribution >= 4 is 38.9 Å². The van der Waals surface area contributed by atoms with Gasteiger partial charge >= 0.3 is 21.5 Å². The Labute approximate surface area is 174 Å². The van der Waals surface area contributed by atoms with Crippen LogP contribution in [-0.4, -0.2) is 37.4 Å². The number of benzene rings is 1. The normalized spacial score (nSPS) is 11.8. The highest BCUT2D eigenvalue weighted by Crippen LogP contribution is 2.34. The van der Waals surface area contributed by atoms with Gasteiger partial charge < -0.3 is 9.47 Å². The van der Waals surface area contributed by atoms with Crippen molar-refractivity contribution in [2.75, 3.05) is 10.9 Å². The number of thiazole rings is 1. The zero-order valence-corrected chi connectivity index (χ0v) is 17.7. The number of anilines is 1. The van der Waals surface area contributed by atoms with Gasteiger partial charge in [-0.25, -0.2) is 9.78 Å². The molecule has 2 aromatic rings. The van der Waals surface area contributed by atoms with E-state index in [1.807, 2.05) is 0 Å². The third-order valence-electron chi connectivity index (χ3n) is 3.58. The zero-order valence-electron chi connectivity index (χ0n) is 16.0. The molecule has 0 atom stereocenters. The largest absolute Gasteiger partial charge is 0.517 e. The first kappa shape index (κ1) is 23.6. The van der Waals surface area contributed by atoms with E-state index in [2.05, 4.69) is 4.98 Å². The van der Waals surface area contributed by atoms with Crippen molar-refractivity contribution in [1.29, 1.82) is 0 Å². The second-order valence-electron chi connectivity index (χ2n) is 5.67. The third-order valence-corrected chi connectivity index (χ3v) is 6.07. The Balaban J connectivity index is 2.30. The highest BCUT2D eigenvalue weighted by atomic mass is 32.2. The number of hydrogen-bond acceptors (Lipinski definition) is 8. The molecule has 164 valence electrons. The summed E-state index contributed by atoms with van der Waals surface area (Å²) in [6.07, 6.45) is -0.456. The monoisotopic (exact) mass is 466 g/mol. The molecule has 30 heavy (non-hydrogen) atoms. The molecule has 1 aromatic carbocycles. The number of aromatic nitrogens is 1. The molecule has 8 nitrogen and oxygen atoms in total. The van der Waals surface area contributed by atoms with E-state index in [9.17, 15) is 31.2 Å². The zero-order chi connectivity index (χ0) is 22.7. The Hall–Kier alpha value is -2.67. The number of aryl methyl sites for hydroxylation is 1. The summed E-state index contributed by atoms with van der Waals surface area (Å²) >= 11 is 0.912. The molecule has 1 heterocycles. The van der Waals surface area contributed by atoms with Crippen LogP contribution in [0.5, 0.6) is 10.9 Å². The van der Waals surface area contributed by atoms with E-state index in [1.165, 1.54) is 19.1 Å². The van der Waals surface area contributed by atoms with E-state index in [1.54, 1.807) is 13.8 Å². The average molecular weight is 466 g/mol. The summed E-state index contributed by atoms with van der Waals surface area (Å²) in [4.78, 5) is 28.0. The maximum atomic E-state index is 12.9. The van der Waals surface area contributed by atoms with Crippen LogP contribution in [0.25, 0.3) is 0 Å². The smallest absolute Gasteiger partial charge is 0.462 e. The van der Waals surface area contributed by atoms with Crippen molar-refractivity contribution < 1.29 is 40.7 Å². The summed E-state index contributed by atoms with van der Waals surface area (Å²) in [6, 6.07) is 4.35. The fourth-order valence-corrected chi connectivity index (χ4v) is 4.05. The van der Waals surface area contributed by atoms with Crippen molar-refractivity contribution in [1.82, 2.24) is 4.98 Å². The molecule has 0 unspecified atom stereocenters. The Morgan fingerprint density at radius 2 is 1.77 bits per heavy atom. The van der Waals surface area contributed by atoms with Crippen molar-refractivity contribution in [3.05, 3.63) is 34.8 Å². The number of nitrogens with zero attached hydrogens (tertiary/aromatic N) is 2. The van der Waals surface area contributed by atoms with Crippen LogP contribution in [0.3, 0.4) is 0 Å². The van der Waals surface area contributed by atoms with Crippen LogP contribution in [0, 0.1) is 6.92 Å². The molecule has 0 N–H and O–H groups in total. The van der Waals surface area contributed by atoms with E-state index >= 15 is 0 Å². The third kappa shape index (κ3) is 4.90. The van der Waals surface area contributed by atoms with Gasteiger partial charge in [-0.2, -0.15) is 25.9 Å². The fourth-order valence-electron chi connectivity index (χ4n) is 2.22. The summed E-state index contributed by atoms with van der Waals surface area (Å²) in [6.45, 7) is 4.65. The van der Waals surface area contributed by atoms with Gasteiger partial charge in [0.1, 0.15) is 10.6 Å². The second-order valence-corrected chi connectivity index (χ2v) is 8.41. The molecule has 0 aliphatic rings. The number of ether oxygens (including phenoxy) is 2. The molecule has 1 aromatic heterocycles. The van der Waals surface area contributed by atoms with Gasteiger partial charge in [-0.05, 0) is 38.1 Å². The SMILES string of the molecule is CCOC(=O)c1sc(Oc2ccc(N(C(=O)CC)S(=O)(=O)C(F)(F)F)cc2)nc1C. The summed E-state index contributed by atoms with van der Waals surface area (Å²) in [7, 11) is -5.91. The van der Waals surface area contributed by atoms with Crippen LogP contribution in [-0.2, 0) is 19.6 Å². The molecule has 2 rings (SSSR count). The van der Waals surface area contributed by atoms with E-state index in [0.717, 1.165) is 23.5 Å². The number of hydrogen-bond donors (Lipinski definition) is 0. The number of amides is 1. The van der Waals surface area contributed by atoms with Gasteiger partial charge in [-0.15, -0.1) is 0 Å². The maximum absolute atomic E-state index is 12.9. The number of carbonyl (C=O) groups is 2. The van der Waals surface area contributed by atoms with Gasteiger partial charge in [0.25, 0.3) is 5.19 Å². The topological polar surface area (TPSA) is 103 Å². The predicted molar refractivity (Wildman–Crippen MR) is 102 cm³/mol. The number of alkyl halides is 3. The van der Waals surface area contributed by atoms with Crippen LogP contribution in [0.2, 0.25) is 0 Å². The minimum absolute atomic E-state index is 0.0766. The lowest BCUT2D eigenvalue weighted by atomic mass is 10.3. The first-order chi connectivity index (χ1) is 13.9. The molecule has 0 fully saturated rings. The van der Waals surface area contributed by atoms with Crippen LogP contribution >= 0.6 is 11.3 Å². The van der Waals surface area contributed by atoms with Gasteiger partial charge in [-0.3, -0.25) is 4.79 Å². The molecule has 0 aliphatic carbocycles. The number of esters is 1. The lowest BCUT2D eigenvalue weighted by Crippen LogP contribution is -2.44. The van der Waals surface area contributed by atoms with Crippen LogP contribution in [0.15, 0.2) is 24.3 Å². The molecule has 0 saturated heterocycles. The van der Waals surface area contributed by atoms with Gasteiger partial charge in [0, 0.05) is 6.42 Å². The van der Waals surface area contributed by atoms with Crippen LogP contribution in [0.4, 0.5) is 18.9 Å². The van der Waals surface area contributed by atoms with Crippen molar-refractivity contribution in [3.63, 3.8) is 0 Å². The molecule has 0 spiro atoms. The molecule has 0 radical (unpaired) electrons. The maximum Gasteiger partial charge on any atom is 0.517 e. The van der Waals surface area contributed by atoms with E-state index in [0.29, 0.717) is 5.69 Å². The number of carbonyl (C=O) groups excluding carboxylic acids is 2. The Morgan fingerprint density at radius 3 is 2.27 bits per heavy atom. The fraction of sp³-hybridized carbons (Fsp3) is 0.353. The van der Waals surface area contributed by atoms with E-state index < -0.39 is 39.5 Å². The quantitative estimate of drug-likeness (QED) is 0.568. The molecule has 0 bridgehead atoms. The molecule has 0 saturated carbocycles. The number of halogens is 3. The van der Waals surface area contributed by atoms with Gasteiger partial charge in [0.05, 0.1) is 18.0 Å². The molecule has 0 aliphatic heterocycles. The summed E-state index contributed by atoms with van der Waals surface area (Å²) in [5.74, 6) is -1.70. The van der Waals surface area contributed by atoms with Crippen molar-refractivity contribution in [2.45, 2.75) is 32.7 Å². The highest BCUT2D eigenvalue weighted by Gasteiger charge is 2.52. The van der Waals surface area contributed by atoms with Gasteiger partial charge in [-0.1, -0.05) is 18.3 Å². The lowest BCUT2D eigenvalue weighted by Gasteiger charge is -2.23. The summed E-state index contributed by atoms with van der Waals surface area (Å²) < 4.78 is 72.5. The Bertz CT molecular complexity index is 1030. The Morgan fingerprint density at radius 1 is 1.17 bits per heavy atom. The lowest BCUT2D eigenvalue weighted by molar-refractivity contribution is -0.117. The highest BCUT2D eigenvalue weighted by molar-refractivity contribution is 7.94. The van der Waals surface area contributed by atoms with Crippen LogP contribution < -0.4 is 9.04 Å². The number of rotatable bonds is 7. The first-order valence-electron chi connectivity index (χ1n) is 8.49. The molecule has 1 amide bonds. The first-order valence-corrected chi connectivity index (χ1v) is 10.7. The van der Waals surface area contributed by atoms with Crippen molar-refractivity contribution in [3.8, 4) is 10.9 Å². The van der Waals surface area contributed by atoms with Gasteiger partial charge in [0.15, 0.2) is 0 Å². The molecular formula is C17H17F3N2O6S2. The van der Waals surface area contributed by atoms with Crippen LogP contribution in [0.1, 0.15) is 35.6 Å². The minimum atomic E-state index is -5.91. The van der Waals surface area contributed by atoms with E-state index in [4.69, 9.17) is 9.47 Å². The van der Waals surface area contributed by atoms with E-state index in [-0.39, 0.29) is 26.7 Å². The Kier molecular flexibility index (Phi) is 7.08. The van der Waals surface area contributed by atoms with Crippen molar-refractivity contribution in [2.24, 2.45) is 0 Å². The minimum Gasteiger partial charge on any atom is -0.462 e. The predicted octanol–water partition coefficient (Wildman–Crippen LogP) is 4.01. The molecular weight excluding hydrogens is 449 g/mol. The summed E-state index contributed by atoms with van der Waals surface area (Å²) in [5, 5.41) is 0.0766. The standard InChI is InChI=1S/C17H17F3N2O6S2/c1-4-13(23)22(30(25,26)17(18,19)20)11-6-8-12(9-7-11)28-16-21-10(3)14(29-16)15(24)27-5-2/h6-9H,4-5H2,1-3H3. The molecule has 13 heteroatoms. The second kappa shape index (κ2) is 9.00. The van der Waals surface area contributed by atoms with Gasteiger partial charge in [0.2, 0.25) is 5.91 Å².